The molecule has 1 amide bonds. The summed E-state index contributed by atoms with van der Waals surface area (Å²) in [4.78, 5) is 23.2. The molecule has 2 aromatic carbocycles. The Bertz CT molecular complexity index is 1020. The Kier molecular flexibility index (Phi) is 3.64. The van der Waals surface area contributed by atoms with Crippen molar-refractivity contribution in [2.24, 2.45) is 5.84 Å². The lowest BCUT2D eigenvalue weighted by molar-refractivity contribution is 0.201. The van der Waals surface area contributed by atoms with Crippen LogP contribution in [0.1, 0.15) is 0 Å². The van der Waals surface area contributed by atoms with Crippen LogP contribution in [-0.4, -0.2) is 25.6 Å². The molecule has 4 aromatic rings. The molecular weight excluding hydrogens is 320 g/mol. The smallest absolute Gasteiger partial charge is 0.407 e. The van der Waals surface area contributed by atoms with Crippen LogP contribution in [0.5, 0.6) is 5.75 Å². The Hall–Kier alpha value is -3.65. The number of H-pyrrole nitrogens is 1. The predicted octanol–water partition coefficient (Wildman–Crippen LogP) is 2.38. The number of nitrogens with one attached hydrogen (secondary N) is 2. The zero-order valence-electron chi connectivity index (χ0n) is 13.0. The average Bonchev–Trinajstić information content (AvgIpc) is 3.32. The number of hydrogen-bond acceptors (Lipinski definition) is 5. The van der Waals surface area contributed by atoms with Crippen LogP contribution in [0, 0.1) is 0 Å². The molecule has 8 heteroatoms. The first-order valence-corrected chi connectivity index (χ1v) is 7.50. The number of carbonyl (C=O) groups is 1. The predicted molar refractivity (Wildman–Crippen MR) is 92.0 cm³/mol. The van der Waals surface area contributed by atoms with Gasteiger partial charge in [-0.2, -0.15) is 0 Å². The molecule has 4 N–H and O–H groups in total. The fourth-order valence-electron chi connectivity index (χ4n) is 2.56. The number of aromatic amines is 1. The number of carbonyl (C=O) groups excluding carboxylic acids is 1. The summed E-state index contributed by atoms with van der Waals surface area (Å²) in [6, 6.07) is 13.2. The molecule has 25 heavy (non-hydrogen) atoms. The first-order chi connectivity index (χ1) is 12.2. The van der Waals surface area contributed by atoms with Crippen molar-refractivity contribution in [1.82, 2.24) is 24.9 Å². The summed E-state index contributed by atoms with van der Waals surface area (Å²) >= 11 is 0. The van der Waals surface area contributed by atoms with Gasteiger partial charge in [0.2, 0.25) is 0 Å². The summed E-state index contributed by atoms with van der Waals surface area (Å²) in [6.07, 6.45) is 4.60. The molecule has 4 rings (SSSR count). The van der Waals surface area contributed by atoms with E-state index in [9.17, 15) is 4.79 Å². The molecule has 0 aliphatic rings. The highest BCUT2D eigenvalue weighted by Gasteiger charge is 2.12. The minimum atomic E-state index is -0.748. The summed E-state index contributed by atoms with van der Waals surface area (Å²) in [5.41, 5.74) is 5.16. The van der Waals surface area contributed by atoms with Crippen LogP contribution >= 0.6 is 0 Å². The number of hydrogen-bond donors (Lipinski definition) is 3. The molecule has 0 aliphatic carbocycles. The Morgan fingerprint density at radius 1 is 1.20 bits per heavy atom. The lowest BCUT2D eigenvalue weighted by Gasteiger charge is -2.03. The van der Waals surface area contributed by atoms with E-state index in [1.165, 1.54) is 0 Å². The number of amides is 1. The summed E-state index contributed by atoms with van der Waals surface area (Å²) in [7, 11) is 0. The third-order valence-electron chi connectivity index (χ3n) is 3.74. The zero-order valence-corrected chi connectivity index (χ0v) is 13.0. The summed E-state index contributed by atoms with van der Waals surface area (Å²) in [5.74, 6) is 6.06. The molecule has 0 saturated carbocycles. The van der Waals surface area contributed by atoms with Gasteiger partial charge in [-0.3, -0.25) is 5.43 Å². The molecular formula is C17H14N6O2. The fourth-order valence-corrected chi connectivity index (χ4v) is 2.56. The molecule has 0 spiro atoms. The lowest BCUT2D eigenvalue weighted by atomic mass is 10.2. The van der Waals surface area contributed by atoms with Crippen molar-refractivity contribution >= 4 is 17.1 Å². The molecule has 0 radical (unpaired) electrons. The Labute approximate surface area is 142 Å². The van der Waals surface area contributed by atoms with Gasteiger partial charge in [0.25, 0.3) is 0 Å². The van der Waals surface area contributed by atoms with Crippen LogP contribution in [0.25, 0.3) is 28.1 Å². The van der Waals surface area contributed by atoms with Crippen LogP contribution in [0.3, 0.4) is 0 Å². The van der Waals surface area contributed by atoms with E-state index in [-0.39, 0.29) is 0 Å². The van der Waals surface area contributed by atoms with Gasteiger partial charge in [0.1, 0.15) is 11.3 Å². The topological polar surface area (TPSA) is 111 Å². The Balaban J connectivity index is 1.70. The van der Waals surface area contributed by atoms with E-state index in [0.29, 0.717) is 17.1 Å². The van der Waals surface area contributed by atoms with Gasteiger partial charge in [-0.25, -0.2) is 20.6 Å². The number of hydrazine groups is 1. The number of benzene rings is 2. The minimum Gasteiger partial charge on any atom is -0.407 e. The van der Waals surface area contributed by atoms with Crippen molar-refractivity contribution in [1.29, 1.82) is 0 Å². The third-order valence-corrected chi connectivity index (χ3v) is 3.74. The van der Waals surface area contributed by atoms with Gasteiger partial charge in [-0.1, -0.05) is 6.07 Å². The van der Waals surface area contributed by atoms with E-state index in [1.54, 1.807) is 24.7 Å². The van der Waals surface area contributed by atoms with Crippen LogP contribution in [0.15, 0.2) is 61.2 Å². The van der Waals surface area contributed by atoms with Crippen LogP contribution in [-0.2, 0) is 0 Å². The van der Waals surface area contributed by atoms with Gasteiger partial charge >= 0.3 is 6.09 Å². The number of nitrogens with two attached hydrogens (primary N) is 1. The van der Waals surface area contributed by atoms with Crippen molar-refractivity contribution in [2.75, 3.05) is 0 Å². The molecule has 0 bridgehead atoms. The molecule has 0 unspecified atom stereocenters. The van der Waals surface area contributed by atoms with Crippen molar-refractivity contribution in [3.8, 4) is 22.8 Å². The highest BCUT2D eigenvalue weighted by atomic mass is 16.6. The molecule has 0 atom stereocenters. The normalized spacial score (nSPS) is 10.8. The number of nitrogens with zero attached hydrogens (tertiary/aromatic N) is 3. The van der Waals surface area contributed by atoms with Crippen LogP contribution < -0.4 is 16.0 Å². The van der Waals surface area contributed by atoms with Crippen LogP contribution in [0.2, 0.25) is 0 Å². The first-order valence-electron chi connectivity index (χ1n) is 7.50. The van der Waals surface area contributed by atoms with Gasteiger partial charge < -0.3 is 14.3 Å². The standard InChI is InChI=1S/C17H14N6O2/c18-22-17(24)25-14-3-1-2-13-15(14)21-16(20-13)11-4-6-12(7-5-11)23-9-8-19-10-23/h1-10H,18H2,(H,20,21)(H,22,24). The van der Waals surface area contributed by atoms with Crippen molar-refractivity contribution in [3.63, 3.8) is 0 Å². The van der Waals surface area contributed by atoms with E-state index in [2.05, 4.69) is 15.0 Å². The number of aromatic nitrogens is 4. The highest BCUT2D eigenvalue weighted by molar-refractivity contribution is 5.87. The second-order valence-electron chi connectivity index (χ2n) is 5.29. The summed E-state index contributed by atoms with van der Waals surface area (Å²) in [6.45, 7) is 0. The number of rotatable bonds is 3. The number of imidazole rings is 2. The largest absolute Gasteiger partial charge is 0.426 e. The highest BCUT2D eigenvalue weighted by Crippen LogP contribution is 2.27. The maximum absolute atomic E-state index is 11.3. The first kappa shape index (κ1) is 14.9. The van der Waals surface area contributed by atoms with E-state index in [1.807, 2.05) is 46.5 Å². The quantitative estimate of drug-likeness (QED) is 0.303. The minimum absolute atomic E-state index is 0.331. The molecule has 2 aromatic heterocycles. The molecule has 2 heterocycles. The van der Waals surface area contributed by atoms with Gasteiger partial charge in [-0.05, 0) is 36.4 Å². The van der Waals surface area contributed by atoms with Gasteiger partial charge in [0.15, 0.2) is 5.75 Å². The number of para-hydroxylation sites is 1. The second-order valence-corrected chi connectivity index (χ2v) is 5.29. The molecule has 0 aliphatic heterocycles. The number of fused-ring (bicyclic) bond motifs is 1. The zero-order chi connectivity index (χ0) is 17.2. The van der Waals surface area contributed by atoms with Crippen LogP contribution in [0.4, 0.5) is 4.79 Å². The molecule has 0 fully saturated rings. The third kappa shape index (κ3) is 2.81. The van der Waals surface area contributed by atoms with E-state index < -0.39 is 6.09 Å². The second kappa shape index (κ2) is 6.10. The van der Waals surface area contributed by atoms with Crippen molar-refractivity contribution in [3.05, 3.63) is 61.2 Å². The van der Waals surface area contributed by atoms with Gasteiger partial charge in [-0.15, -0.1) is 0 Å². The monoisotopic (exact) mass is 334 g/mol. The number of ether oxygens (including phenoxy) is 1. The van der Waals surface area contributed by atoms with Gasteiger partial charge in [0, 0.05) is 23.6 Å². The van der Waals surface area contributed by atoms with Gasteiger partial charge in [0.05, 0.1) is 11.8 Å². The van der Waals surface area contributed by atoms with E-state index >= 15 is 0 Å². The van der Waals surface area contributed by atoms with E-state index in [0.717, 1.165) is 16.8 Å². The summed E-state index contributed by atoms with van der Waals surface area (Å²) < 4.78 is 7.04. The molecule has 8 nitrogen and oxygen atoms in total. The molecule has 0 saturated heterocycles. The fraction of sp³-hybridized carbons (Fsp3) is 0. The SMILES string of the molecule is NNC(=O)Oc1cccc2[nH]c(-c3ccc(-n4ccnc4)cc3)nc12. The Morgan fingerprint density at radius 2 is 2.04 bits per heavy atom. The van der Waals surface area contributed by atoms with E-state index in [4.69, 9.17) is 10.6 Å². The average molecular weight is 334 g/mol. The summed E-state index contributed by atoms with van der Waals surface area (Å²) in [5, 5.41) is 0. The van der Waals surface area contributed by atoms with Crippen molar-refractivity contribution in [2.45, 2.75) is 0 Å². The Morgan fingerprint density at radius 3 is 2.76 bits per heavy atom. The molecule has 124 valence electrons. The maximum atomic E-state index is 11.3. The lowest BCUT2D eigenvalue weighted by Crippen LogP contribution is -2.32. The van der Waals surface area contributed by atoms with Crippen molar-refractivity contribution < 1.29 is 9.53 Å². The maximum Gasteiger partial charge on any atom is 0.426 e.